The Hall–Kier alpha value is -0.340. The van der Waals surface area contributed by atoms with Gasteiger partial charge in [-0.2, -0.15) is 0 Å². The lowest BCUT2D eigenvalue weighted by Gasteiger charge is -1.95. The van der Waals surface area contributed by atoms with Crippen LogP contribution in [0.15, 0.2) is 24.3 Å². The molecule has 0 unspecified atom stereocenters. The van der Waals surface area contributed by atoms with Crippen LogP contribution in [-0.4, -0.2) is 4.20 Å². The molecule has 0 aromatic heterocycles. The van der Waals surface area contributed by atoms with E-state index in [-0.39, 0.29) is 0 Å². The number of rotatable bonds is 1. The molecule has 0 aliphatic rings. The molecule has 1 rings (SSSR count). The summed E-state index contributed by atoms with van der Waals surface area (Å²) >= 11 is 8.92. The van der Waals surface area contributed by atoms with E-state index in [2.05, 4.69) is 12.6 Å². The van der Waals surface area contributed by atoms with Crippen molar-refractivity contribution >= 4 is 29.0 Å². The van der Waals surface area contributed by atoms with Crippen molar-refractivity contribution in [3.63, 3.8) is 0 Å². The van der Waals surface area contributed by atoms with Crippen molar-refractivity contribution in [3.8, 4) is 0 Å². The zero-order valence-electron chi connectivity index (χ0n) is 5.66. The molecular formula is C8H8S2. The van der Waals surface area contributed by atoms with E-state index in [9.17, 15) is 0 Å². The molecule has 52 valence electrons. The van der Waals surface area contributed by atoms with Crippen LogP contribution in [0.4, 0.5) is 0 Å². The molecule has 0 fully saturated rings. The highest BCUT2D eigenvalue weighted by atomic mass is 32.1. The molecule has 0 saturated heterocycles. The van der Waals surface area contributed by atoms with Gasteiger partial charge in [-0.05, 0) is 12.5 Å². The monoisotopic (exact) mass is 168 g/mol. The van der Waals surface area contributed by atoms with Crippen LogP contribution in [0.5, 0.6) is 0 Å². The average Bonchev–Trinajstić information content (AvgIpc) is 1.88. The summed E-state index contributed by atoms with van der Waals surface area (Å²) in [6.07, 6.45) is 0. The SMILES string of the molecule is Cc1ccc(C(=S)S)cc1. The third-order valence-electron chi connectivity index (χ3n) is 1.30. The number of hydrogen-bond donors (Lipinski definition) is 1. The Morgan fingerprint density at radius 2 is 1.80 bits per heavy atom. The van der Waals surface area contributed by atoms with Gasteiger partial charge in [-0.3, -0.25) is 0 Å². The molecule has 1 aromatic carbocycles. The summed E-state index contributed by atoms with van der Waals surface area (Å²) < 4.78 is 0.653. The van der Waals surface area contributed by atoms with Crippen LogP contribution in [0.3, 0.4) is 0 Å². The van der Waals surface area contributed by atoms with Crippen molar-refractivity contribution in [1.29, 1.82) is 0 Å². The van der Waals surface area contributed by atoms with E-state index >= 15 is 0 Å². The van der Waals surface area contributed by atoms with E-state index in [1.54, 1.807) is 0 Å². The Bertz CT molecular complexity index is 236. The third kappa shape index (κ3) is 1.82. The van der Waals surface area contributed by atoms with Gasteiger partial charge in [0.1, 0.15) is 0 Å². The first-order chi connectivity index (χ1) is 4.70. The summed E-state index contributed by atoms with van der Waals surface area (Å²) in [5.41, 5.74) is 2.26. The first-order valence-electron chi connectivity index (χ1n) is 3.00. The first kappa shape index (κ1) is 7.76. The van der Waals surface area contributed by atoms with Crippen molar-refractivity contribution in [2.75, 3.05) is 0 Å². The van der Waals surface area contributed by atoms with Crippen molar-refractivity contribution in [1.82, 2.24) is 0 Å². The Labute approximate surface area is 71.7 Å². The van der Waals surface area contributed by atoms with E-state index in [1.165, 1.54) is 5.56 Å². The van der Waals surface area contributed by atoms with Gasteiger partial charge in [0.15, 0.2) is 0 Å². The lowest BCUT2D eigenvalue weighted by molar-refractivity contribution is 1.47. The van der Waals surface area contributed by atoms with Crippen LogP contribution in [0.25, 0.3) is 0 Å². The van der Waals surface area contributed by atoms with E-state index in [1.807, 2.05) is 31.2 Å². The summed E-state index contributed by atoms with van der Waals surface area (Å²) in [5, 5.41) is 0. The van der Waals surface area contributed by atoms with E-state index < -0.39 is 0 Å². The average molecular weight is 168 g/mol. The Balaban J connectivity index is 3.00. The largest absolute Gasteiger partial charge is 0.131 e. The van der Waals surface area contributed by atoms with Gasteiger partial charge >= 0.3 is 0 Å². The van der Waals surface area contributed by atoms with Gasteiger partial charge in [-0.1, -0.05) is 42.0 Å². The molecule has 0 radical (unpaired) electrons. The minimum Gasteiger partial charge on any atom is -0.131 e. The fourth-order valence-electron chi connectivity index (χ4n) is 0.696. The lowest BCUT2D eigenvalue weighted by Crippen LogP contribution is -1.85. The van der Waals surface area contributed by atoms with Crippen LogP contribution in [0.1, 0.15) is 11.1 Å². The van der Waals surface area contributed by atoms with Crippen LogP contribution >= 0.6 is 24.8 Å². The van der Waals surface area contributed by atoms with Crippen molar-refractivity contribution in [3.05, 3.63) is 35.4 Å². The van der Waals surface area contributed by atoms with Crippen LogP contribution in [0, 0.1) is 6.92 Å². The lowest BCUT2D eigenvalue weighted by atomic mass is 10.2. The zero-order chi connectivity index (χ0) is 7.56. The minimum absolute atomic E-state index is 0.653. The maximum atomic E-state index is 4.87. The van der Waals surface area contributed by atoms with Gasteiger partial charge in [0, 0.05) is 0 Å². The van der Waals surface area contributed by atoms with Crippen molar-refractivity contribution < 1.29 is 0 Å². The molecule has 0 aliphatic carbocycles. The third-order valence-corrected chi connectivity index (χ3v) is 1.79. The van der Waals surface area contributed by atoms with Crippen molar-refractivity contribution in [2.45, 2.75) is 6.92 Å². The van der Waals surface area contributed by atoms with E-state index in [0.29, 0.717) is 4.20 Å². The summed E-state index contributed by atoms with van der Waals surface area (Å²) in [6, 6.07) is 8.01. The second kappa shape index (κ2) is 3.17. The number of thiol groups is 1. The molecule has 1 aromatic rings. The van der Waals surface area contributed by atoms with Crippen LogP contribution in [0.2, 0.25) is 0 Å². The number of aryl methyl sites for hydroxylation is 1. The first-order valence-corrected chi connectivity index (χ1v) is 3.85. The highest BCUT2D eigenvalue weighted by Gasteiger charge is 1.92. The summed E-state index contributed by atoms with van der Waals surface area (Å²) in [4.78, 5) is 0. The maximum absolute atomic E-state index is 4.87. The summed E-state index contributed by atoms with van der Waals surface area (Å²) in [5.74, 6) is 0. The standard InChI is InChI=1S/C8H8S2/c1-6-2-4-7(5-3-6)8(9)10/h2-5H,1H3,(H,9,10). The predicted molar refractivity (Wildman–Crippen MR) is 51.9 cm³/mol. The van der Waals surface area contributed by atoms with Gasteiger partial charge < -0.3 is 0 Å². The molecule has 0 amide bonds. The Morgan fingerprint density at radius 3 is 2.20 bits per heavy atom. The molecule has 2 heteroatoms. The van der Waals surface area contributed by atoms with Crippen LogP contribution in [-0.2, 0) is 0 Å². The molecule has 10 heavy (non-hydrogen) atoms. The van der Waals surface area contributed by atoms with Gasteiger partial charge in [0.25, 0.3) is 0 Å². The van der Waals surface area contributed by atoms with Gasteiger partial charge in [-0.15, -0.1) is 12.6 Å². The molecule has 0 saturated carbocycles. The predicted octanol–water partition coefficient (Wildman–Crippen LogP) is 2.60. The van der Waals surface area contributed by atoms with Crippen molar-refractivity contribution in [2.24, 2.45) is 0 Å². The molecule has 0 N–H and O–H groups in total. The summed E-state index contributed by atoms with van der Waals surface area (Å²) in [7, 11) is 0. The maximum Gasteiger partial charge on any atom is 0.0747 e. The molecule has 0 aliphatic heterocycles. The number of hydrogen-bond acceptors (Lipinski definition) is 1. The normalized spacial score (nSPS) is 9.40. The molecule has 0 bridgehead atoms. The fourth-order valence-corrected chi connectivity index (χ4v) is 0.981. The molecule has 0 heterocycles. The molecule has 0 spiro atoms. The highest BCUT2D eigenvalue weighted by Crippen LogP contribution is 2.06. The fraction of sp³-hybridized carbons (Fsp3) is 0.125. The highest BCUT2D eigenvalue weighted by molar-refractivity contribution is 8.11. The Morgan fingerprint density at radius 1 is 1.30 bits per heavy atom. The van der Waals surface area contributed by atoms with Crippen LogP contribution < -0.4 is 0 Å². The van der Waals surface area contributed by atoms with Gasteiger partial charge in [0.05, 0.1) is 4.20 Å². The number of thiocarbonyl (C=S) groups is 1. The van der Waals surface area contributed by atoms with Gasteiger partial charge in [-0.25, -0.2) is 0 Å². The minimum atomic E-state index is 0.653. The second-order valence-electron chi connectivity index (χ2n) is 2.17. The van der Waals surface area contributed by atoms with E-state index in [0.717, 1.165) is 5.56 Å². The molecular weight excluding hydrogens is 160 g/mol. The van der Waals surface area contributed by atoms with E-state index in [4.69, 9.17) is 12.2 Å². The quantitative estimate of drug-likeness (QED) is 0.497. The zero-order valence-corrected chi connectivity index (χ0v) is 7.38. The number of benzene rings is 1. The molecule has 0 atom stereocenters. The summed E-state index contributed by atoms with van der Waals surface area (Å²) in [6.45, 7) is 2.05. The second-order valence-corrected chi connectivity index (χ2v) is 3.33. The smallest absolute Gasteiger partial charge is 0.0747 e. The molecule has 0 nitrogen and oxygen atoms in total. The van der Waals surface area contributed by atoms with Gasteiger partial charge in [0.2, 0.25) is 0 Å². The Kier molecular flexibility index (Phi) is 2.46. The topological polar surface area (TPSA) is 0 Å².